The summed E-state index contributed by atoms with van der Waals surface area (Å²) < 4.78 is 5.27. The summed E-state index contributed by atoms with van der Waals surface area (Å²) in [5.74, 6) is 1.30. The van der Waals surface area contributed by atoms with Gasteiger partial charge in [0.1, 0.15) is 0 Å². The van der Waals surface area contributed by atoms with E-state index in [1.54, 1.807) is 20.1 Å². The number of methoxy groups -OCH3 is 1. The van der Waals surface area contributed by atoms with E-state index in [1.165, 1.54) is 0 Å². The summed E-state index contributed by atoms with van der Waals surface area (Å²) in [6.07, 6.45) is 5.35. The first-order chi connectivity index (χ1) is 12.1. The molecular formula is C21H21NO3. The highest BCUT2D eigenvalue weighted by molar-refractivity contribution is 5.95. The van der Waals surface area contributed by atoms with Crippen molar-refractivity contribution in [2.24, 2.45) is 5.92 Å². The molecule has 0 fully saturated rings. The third-order valence-electron chi connectivity index (χ3n) is 5.35. The second-order valence-electron chi connectivity index (χ2n) is 6.73. The lowest BCUT2D eigenvalue weighted by Crippen LogP contribution is -2.29. The molecule has 4 heteroatoms. The lowest BCUT2D eigenvalue weighted by atomic mass is 9.76. The van der Waals surface area contributed by atoms with E-state index in [-0.39, 0.29) is 23.5 Å². The maximum absolute atomic E-state index is 11.7. The molecule has 1 heterocycles. The first kappa shape index (κ1) is 15.8. The molecule has 1 aliphatic heterocycles. The molecule has 128 valence electrons. The average Bonchev–Trinajstić information content (AvgIpc) is 3.11. The van der Waals surface area contributed by atoms with Crippen LogP contribution in [0.1, 0.15) is 46.8 Å². The molecule has 2 aromatic rings. The second-order valence-corrected chi connectivity index (χ2v) is 6.73. The molecule has 0 bridgehead atoms. The van der Waals surface area contributed by atoms with Gasteiger partial charge in [0.2, 0.25) is 0 Å². The smallest absolute Gasteiger partial charge is 0.163 e. The number of hydrogen-bond donors (Lipinski definition) is 2. The Labute approximate surface area is 147 Å². The van der Waals surface area contributed by atoms with Crippen LogP contribution in [0.25, 0.3) is 0 Å². The van der Waals surface area contributed by atoms with Gasteiger partial charge in [-0.25, -0.2) is 0 Å². The molecule has 0 saturated carbocycles. The molecule has 2 aromatic carbocycles. The Morgan fingerprint density at radius 2 is 2.08 bits per heavy atom. The van der Waals surface area contributed by atoms with Crippen molar-refractivity contribution in [2.45, 2.75) is 25.3 Å². The number of aromatic hydroxyl groups is 1. The van der Waals surface area contributed by atoms with Crippen LogP contribution in [0.15, 0.2) is 48.6 Å². The zero-order chi connectivity index (χ0) is 17.6. The van der Waals surface area contributed by atoms with Gasteiger partial charge in [-0.2, -0.15) is 0 Å². The number of phenolic OH excluding ortho intramolecular Hbond substituents is 1. The number of carbonyl (C=O) groups excluding carboxylic acids is 1. The largest absolute Gasteiger partial charge is 0.504 e. The number of Topliss-reactive ketones (excluding diaryl/α,β-unsaturated/α-hetero) is 1. The van der Waals surface area contributed by atoms with E-state index in [2.05, 4.69) is 17.5 Å². The third kappa shape index (κ3) is 2.49. The van der Waals surface area contributed by atoms with E-state index < -0.39 is 0 Å². The van der Waals surface area contributed by atoms with Crippen molar-refractivity contribution in [1.29, 1.82) is 0 Å². The number of allylic oxidation sites excluding steroid dienone is 2. The molecule has 1 aliphatic carbocycles. The van der Waals surface area contributed by atoms with Gasteiger partial charge in [0.05, 0.1) is 13.2 Å². The standard InChI is InChI=1S/C21H21NO3/c1-12(23)13-9-10-18-17(11-13)14-5-3-6-15(14)20(22-18)16-7-4-8-19(25-2)21(16)24/h3-5,7-11,14-15,20,22,24H,6H2,1-2H3. The van der Waals surface area contributed by atoms with Crippen LogP contribution in [-0.4, -0.2) is 18.0 Å². The monoisotopic (exact) mass is 335 g/mol. The van der Waals surface area contributed by atoms with Crippen molar-refractivity contribution in [3.63, 3.8) is 0 Å². The number of hydrogen-bond acceptors (Lipinski definition) is 4. The van der Waals surface area contributed by atoms with Gasteiger partial charge in [0.25, 0.3) is 0 Å². The van der Waals surface area contributed by atoms with Crippen molar-refractivity contribution in [1.82, 2.24) is 0 Å². The lowest BCUT2D eigenvalue weighted by molar-refractivity contribution is 0.101. The van der Waals surface area contributed by atoms with Crippen LogP contribution < -0.4 is 10.1 Å². The van der Waals surface area contributed by atoms with Gasteiger partial charge < -0.3 is 15.2 Å². The fourth-order valence-corrected chi connectivity index (χ4v) is 4.08. The molecule has 2 aliphatic rings. The SMILES string of the molecule is COc1cccc(C2Nc3ccc(C(C)=O)cc3C3C=CCC32)c1O. The first-order valence-corrected chi connectivity index (χ1v) is 8.54. The number of ketones is 1. The van der Waals surface area contributed by atoms with Gasteiger partial charge in [-0.15, -0.1) is 0 Å². The molecule has 0 amide bonds. The summed E-state index contributed by atoms with van der Waals surface area (Å²) in [5.41, 5.74) is 3.76. The van der Waals surface area contributed by atoms with Crippen molar-refractivity contribution in [2.75, 3.05) is 12.4 Å². The molecule has 4 nitrogen and oxygen atoms in total. The van der Waals surface area contributed by atoms with Crippen LogP contribution in [0.4, 0.5) is 5.69 Å². The van der Waals surface area contributed by atoms with Crippen molar-refractivity contribution in [3.8, 4) is 11.5 Å². The molecule has 0 saturated heterocycles. The Morgan fingerprint density at radius 1 is 1.24 bits per heavy atom. The van der Waals surface area contributed by atoms with E-state index in [0.717, 1.165) is 28.8 Å². The van der Waals surface area contributed by atoms with Gasteiger partial charge in [0, 0.05) is 22.7 Å². The molecule has 3 unspecified atom stereocenters. The minimum Gasteiger partial charge on any atom is -0.504 e. The van der Waals surface area contributed by atoms with E-state index in [9.17, 15) is 9.90 Å². The van der Waals surface area contributed by atoms with Crippen molar-refractivity contribution in [3.05, 3.63) is 65.2 Å². The van der Waals surface area contributed by atoms with Crippen molar-refractivity contribution >= 4 is 11.5 Å². The maximum atomic E-state index is 11.7. The Morgan fingerprint density at radius 3 is 2.84 bits per heavy atom. The highest BCUT2D eigenvalue weighted by Crippen LogP contribution is 2.52. The summed E-state index contributed by atoms with van der Waals surface area (Å²) in [6, 6.07) is 11.4. The Hall–Kier alpha value is -2.75. The van der Waals surface area contributed by atoms with Gasteiger partial charge in [-0.1, -0.05) is 24.3 Å². The quantitative estimate of drug-likeness (QED) is 0.643. The minimum absolute atomic E-state index is 0.00854. The Kier molecular flexibility index (Phi) is 3.75. The van der Waals surface area contributed by atoms with Gasteiger partial charge >= 0.3 is 0 Å². The highest BCUT2D eigenvalue weighted by Gasteiger charge is 2.39. The summed E-state index contributed by atoms with van der Waals surface area (Å²) in [4.78, 5) is 11.7. The van der Waals surface area contributed by atoms with Crippen LogP contribution in [0.3, 0.4) is 0 Å². The van der Waals surface area contributed by atoms with Crippen LogP contribution in [0.5, 0.6) is 11.5 Å². The molecule has 0 aromatic heterocycles. The van der Waals surface area contributed by atoms with Crippen LogP contribution in [0.2, 0.25) is 0 Å². The molecule has 25 heavy (non-hydrogen) atoms. The molecule has 3 atom stereocenters. The van der Waals surface area contributed by atoms with Crippen LogP contribution >= 0.6 is 0 Å². The number of para-hydroxylation sites is 1. The predicted octanol–water partition coefficient (Wildman–Crippen LogP) is 4.43. The van der Waals surface area contributed by atoms with E-state index in [0.29, 0.717) is 11.7 Å². The normalized spacial score (nSPS) is 23.5. The number of anilines is 1. The fraction of sp³-hybridized carbons (Fsp3) is 0.286. The second kappa shape index (κ2) is 5.96. The average molecular weight is 335 g/mol. The Balaban J connectivity index is 1.80. The number of benzene rings is 2. The van der Waals surface area contributed by atoms with Gasteiger partial charge in [-0.05, 0) is 49.1 Å². The molecule has 2 N–H and O–H groups in total. The number of ether oxygens (including phenoxy) is 1. The van der Waals surface area contributed by atoms with Crippen LogP contribution in [0, 0.1) is 5.92 Å². The number of nitrogens with one attached hydrogen (secondary N) is 1. The summed E-state index contributed by atoms with van der Waals surface area (Å²) in [7, 11) is 1.56. The maximum Gasteiger partial charge on any atom is 0.163 e. The number of phenols is 1. The van der Waals surface area contributed by atoms with Gasteiger partial charge in [-0.3, -0.25) is 4.79 Å². The first-order valence-electron chi connectivity index (χ1n) is 8.54. The zero-order valence-corrected chi connectivity index (χ0v) is 14.3. The third-order valence-corrected chi connectivity index (χ3v) is 5.35. The molecule has 0 spiro atoms. The highest BCUT2D eigenvalue weighted by atomic mass is 16.5. The fourth-order valence-electron chi connectivity index (χ4n) is 4.08. The number of carbonyl (C=O) groups is 1. The zero-order valence-electron chi connectivity index (χ0n) is 14.3. The van der Waals surface area contributed by atoms with E-state index in [4.69, 9.17) is 4.74 Å². The number of rotatable bonds is 3. The minimum atomic E-state index is -0.00854. The van der Waals surface area contributed by atoms with Gasteiger partial charge in [0.15, 0.2) is 17.3 Å². The summed E-state index contributed by atoms with van der Waals surface area (Å²) >= 11 is 0. The Bertz CT molecular complexity index is 871. The molecule has 0 radical (unpaired) electrons. The molecule has 4 rings (SSSR count). The lowest BCUT2D eigenvalue weighted by Gasteiger charge is -2.38. The summed E-state index contributed by atoms with van der Waals surface area (Å²) in [5, 5.41) is 14.2. The van der Waals surface area contributed by atoms with Crippen LogP contribution in [-0.2, 0) is 0 Å². The van der Waals surface area contributed by atoms with E-state index >= 15 is 0 Å². The van der Waals surface area contributed by atoms with E-state index in [1.807, 2.05) is 30.3 Å². The molecular weight excluding hydrogens is 314 g/mol. The topological polar surface area (TPSA) is 58.6 Å². The van der Waals surface area contributed by atoms with Crippen molar-refractivity contribution < 1.29 is 14.6 Å². The summed E-state index contributed by atoms with van der Waals surface area (Å²) in [6.45, 7) is 1.59. The number of fused-ring (bicyclic) bond motifs is 3. The predicted molar refractivity (Wildman–Crippen MR) is 97.5 cm³/mol.